The zero-order chi connectivity index (χ0) is 13.8. The third-order valence-electron chi connectivity index (χ3n) is 2.98. The third kappa shape index (κ3) is 3.26. The molecular weight excluding hydrogens is 308 g/mol. The van der Waals surface area contributed by atoms with Gasteiger partial charge in [-0.15, -0.1) is 0 Å². The molecule has 0 radical (unpaired) electrons. The Labute approximate surface area is 121 Å². The average Bonchev–Trinajstić information content (AvgIpc) is 3.00. The van der Waals surface area contributed by atoms with Crippen LogP contribution in [0.1, 0.15) is 17.5 Å². The van der Waals surface area contributed by atoms with E-state index in [0.29, 0.717) is 0 Å². The Morgan fingerprint density at radius 1 is 1.53 bits per heavy atom. The maximum absolute atomic E-state index is 5.51. The molecule has 0 aliphatic heterocycles. The van der Waals surface area contributed by atoms with E-state index in [2.05, 4.69) is 45.3 Å². The van der Waals surface area contributed by atoms with Gasteiger partial charge in [-0.1, -0.05) is 0 Å². The summed E-state index contributed by atoms with van der Waals surface area (Å²) in [5, 5.41) is 7.71. The Bertz CT molecular complexity index is 507. The Morgan fingerprint density at radius 3 is 2.89 bits per heavy atom. The van der Waals surface area contributed by atoms with E-state index in [1.807, 2.05) is 30.1 Å². The second kappa shape index (κ2) is 6.36. The minimum Gasteiger partial charge on any atom is -0.467 e. The van der Waals surface area contributed by atoms with Crippen molar-refractivity contribution in [2.24, 2.45) is 0 Å². The fourth-order valence-corrected chi connectivity index (χ4v) is 2.53. The maximum atomic E-state index is 5.51. The normalized spacial score (nSPS) is 13.1. The zero-order valence-electron chi connectivity index (χ0n) is 11.4. The molecule has 1 unspecified atom stereocenters. The molecule has 2 heterocycles. The van der Waals surface area contributed by atoms with Gasteiger partial charge in [0.05, 0.1) is 29.2 Å². The number of furan rings is 1. The summed E-state index contributed by atoms with van der Waals surface area (Å²) in [6.07, 6.45) is 3.52. The molecule has 0 saturated carbocycles. The van der Waals surface area contributed by atoms with Gasteiger partial charge in [0.1, 0.15) is 11.8 Å². The molecule has 2 rings (SSSR count). The van der Waals surface area contributed by atoms with E-state index in [9.17, 15) is 0 Å². The first-order valence-electron chi connectivity index (χ1n) is 6.20. The minimum absolute atomic E-state index is 0.00552. The number of aromatic nitrogens is 2. The van der Waals surface area contributed by atoms with Gasteiger partial charge >= 0.3 is 0 Å². The first-order valence-corrected chi connectivity index (χ1v) is 6.99. The average molecular weight is 327 g/mol. The molecule has 0 amide bonds. The van der Waals surface area contributed by atoms with Gasteiger partial charge in [-0.05, 0) is 49.2 Å². The van der Waals surface area contributed by atoms with E-state index in [1.165, 1.54) is 0 Å². The summed E-state index contributed by atoms with van der Waals surface area (Å²) in [4.78, 5) is 2.14. The number of hydrogen-bond donors (Lipinski definition) is 1. The lowest BCUT2D eigenvalue weighted by molar-refractivity contribution is 0.361. The molecule has 0 aromatic carbocycles. The van der Waals surface area contributed by atoms with Gasteiger partial charge in [0.15, 0.2) is 0 Å². The summed E-state index contributed by atoms with van der Waals surface area (Å²) in [6.45, 7) is 1.78. The lowest BCUT2D eigenvalue weighted by Gasteiger charge is -2.18. The molecule has 1 atom stereocenters. The molecule has 2 aromatic heterocycles. The molecule has 0 bridgehead atoms. The van der Waals surface area contributed by atoms with Crippen molar-refractivity contribution < 1.29 is 4.42 Å². The van der Waals surface area contributed by atoms with Gasteiger partial charge in [-0.2, -0.15) is 5.10 Å². The lowest BCUT2D eigenvalue weighted by Crippen LogP contribution is -2.25. The summed E-state index contributed by atoms with van der Waals surface area (Å²) < 4.78 is 8.51. The summed E-state index contributed by atoms with van der Waals surface area (Å²) in [6, 6.07) is 3.86. The predicted molar refractivity (Wildman–Crippen MR) is 78.1 cm³/mol. The first-order chi connectivity index (χ1) is 9.13. The highest BCUT2D eigenvalue weighted by Crippen LogP contribution is 2.28. The van der Waals surface area contributed by atoms with E-state index in [0.717, 1.165) is 29.0 Å². The fourth-order valence-electron chi connectivity index (χ4n) is 2.00. The summed E-state index contributed by atoms with van der Waals surface area (Å²) >= 11 is 3.57. The first kappa shape index (κ1) is 14.3. The molecule has 0 aliphatic carbocycles. The summed E-state index contributed by atoms with van der Waals surface area (Å²) in [5.74, 6) is 0.884. The second-order valence-electron chi connectivity index (χ2n) is 4.64. The van der Waals surface area contributed by atoms with Gasteiger partial charge < -0.3 is 14.6 Å². The van der Waals surface area contributed by atoms with Crippen LogP contribution in [0, 0.1) is 0 Å². The molecule has 6 heteroatoms. The standard InChI is InChI=1S/C13H19BrN4O/c1-15-12(11-5-4-8-19-11)13-10(14)9-16-18(13)7-6-17(2)3/h4-5,8-9,12,15H,6-7H2,1-3H3. The van der Waals surface area contributed by atoms with E-state index < -0.39 is 0 Å². The molecule has 1 N–H and O–H groups in total. The van der Waals surface area contributed by atoms with Crippen LogP contribution in [0.2, 0.25) is 0 Å². The van der Waals surface area contributed by atoms with Crippen LogP contribution in [0.5, 0.6) is 0 Å². The highest BCUT2D eigenvalue weighted by Gasteiger charge is 2.22. The Balaban J connectivity index is 2.29. The van der Waals surface area contributed by atoms with Crippen LogP contribution >= 0.6 is 15.9 Å². The highest BCUT2D eigenvalue weighted by atomic mass is 79.9. The molecule has 5 nitrogen and oxygen atoms in total. The lowest BCUT2D eigenvalue weighted by atomic mass is 10.1. The predicted octanol–water partition coefficient (Wildman–Crippen LogP) is 2.11. The topological polar surface area (TPSA) is 46.2 Å². The molecule has 0 spiro atoms. The Morgan fingerprint density at radius 2 is 2.32 bits per heavy atom. The van der Waals surface area contributed by atoms with Crippen molar-refractivity contribution in [2.75, 3.05) is 27.7 Å². The number of hydrogen-bond acceptors (Lipinski definition) is 4. The van der Waals surface area contributed by atoms with Crippen LogP contribution in [-0.2, 0) is 6.54 Å². The van der Waals surface area contributed by atoms with Crippen LogP contribution in [0.25, 0.3) is 0 Å². The van der Waals surface area contributed by atoms with Crippen molar-refractivity contribution in [1.29, 1.82) is 0 Å². The van der Waals surface area contributed by atoms with Gasteiger partial charge in [0, 0.05) is 6.54 Å². The Hall–Kier alpha value is -1.11. The Kier molecular flexibility index (Phi) is 4.79. The van der Waals surface area contributed by atoms with Crippen LogP contribution in [0.3, 0.4) is 0 Å². The van der Waals surface area contributed by atoms with E-state index >= 15 is 0 Å². The highest BCUT2D eigenvalue weighted by molar-refractivity contribution is 9.10. The molecule has 2 aromatic rings. The van der Waals surface area contributed by atoms with E-state index in [1.54, 1.807) is 6.26 Å². The van der Waals surface area contributed by atoms with Crippen LogP contribution < -0.4 is 5.32 Å². The van der Waals surface area contributed by atoms with Gasteiger partial charge in [-0.3, -0.25) is 4.68 Å². The van der Waals surface area contributed by atoms with Crippen LogP contribution in [-0.4, -0.2) is 42.4 Å². The van der Waals surface area contributed by atoms with Crippen molar-refractivity contribution >= 4 is 15.9 Å². The SMILES string of the molecule is CNC(c1ccco1)c1c(Br)cnn1CCN(C)C. The van der Waals surface area contributed by atoms with Gasteiger partial charge in [0.2, 0.25) is 0 Å². The number of nitrogens with zero attached hydrogens (tertiary/aromatic N) is 3. The quantitative estimate of drug-likeness (QED) is 0.883. The van der Waals surface area contributed by atoms with Crippen molar-refractivity contribution in [3.63, 3.8) is 0 Å². The summed E-state index contributed by atoms with van der Waals surface area (Å²) in [5.41, 5.74) is 1.08. The molecule has 0 saturated heterocycles. The largest absolute Gasteiger partial charge is 0.467 e. The molecule has 0 fully saturated rings. The smallest absolute Gasteiger partial charge is 0.126 e. The van der Waals surface area contributed by atoms with Gasteiger partial charge in [0.25, 0.3) is 0 Å². The zero-order valence-corrected chi connectivity index (χ0v) is 13.0. The number of halogens is 1. The minimum atomic E-state index is -0.00552. The van der Waals surface area contributed by atoms with Crippen molar-refractivity contribution in [2.45, 2.75) is 12.6 Å². The maximum Gasteiger partial charge on any atom is 0.126 e. The fraction of sp³-hybridized carbons (Fsp3) is 0.462. The molecular formula is C13H19BrN4O. The van der Waals surface area contributed by atoms with Gasteiger partial charge in [-0.25, -0.2) is 0 Å². The third-order valence-corrected chi connectivity index (χ3v) is 3.59. The van der Waals surface area contributed by atoms with E-state index in [4.69, 9.17) is 4.42 Å². The van der Waals surface area contributed by atoms with Crippen LogP contribution in [0.4, 0.5) is 0 Å². The second-order valence-corrected chi connectivity index (χ2v) is 5.50. The monoisotopic (exact) mass is 326 g/mol. The number of likely N-dealkylation sites (N-methyl/N-ethyl adjacent to an activating group) is 1. The van der Waals surface area contributed by atoms with E-state index in [-0.39, 0.29) is 6.04 Å². The van der Waals surface area contributed by atoms with Crippen molar-refractivity contribution in [3.8, 4) is 0 Å². The van der Waals surface area contributed by atoms with Crippen molar-refractivity contribution in [1.82, 2.24) is 20.0 Å². The summed E-state index contributed by atoms with van der Waals surface area (Å²) in [7, 11) is 6.03. The molecule has 104 valence electrons. The number of nitrogens with one attached hydrogen (secondary N) is 1. The van der Waals surface area contributed by atoms with Crippen LogP contribution in [0.15, 0.2) is 33.5 Å². The number of rotatable bonds is 6. The molecule has 0 aliphatic rings. The molecule has 19 heavy (non-hydrogen) atoms. The van der Waals surface area contributed by atoms with Crippen molar-refractivity contribution in [3.05, 3.63) is 40.5 Å².